The van der Waals surface area contributed by atoms with E-state index in [4.69, 9.17) is 4.98 Å². The Bertz CT molecular complexity index is 983. The number of nitrogens with zero attached hydrogens (tertiary/aromatic N) is 6. The molecule has 2 aromatic heterocycles. The SMILES string of the molecule is Cn1cc(-c2c3c(nc(C4CC(F)(F)C4)c2C2=NN=NC2)CCCCC3)cn1. The minimum Gasteiger partial charge on any atom is -0.275 e. The van der Waals surface area contributed by atoms with Crippen LogP contribution in [0, 0.1) is 0 Å². The van der Waals surface area contributed by atoms with Crippen LogP contribution in [0.2, 0.25) is 0 Å². The van der Waals surface area contributed by atoms with Crippen molar-refractivity contribution >= 4 is 5.71 Å². The number of alkyl halides is 2. The molecule has 146 valence electrons. The second kappa shape index (κ2) is 6.53. The van der Waals surface area contributed by atoms with Crippen LogP contribution in [-0.2, 0) is 19.9 Å². The molecular formula is C20H22F2N6. The second-order valence-corrected chi connectivity index (χ2v) is 8.03. The van der Waals surface area contributed by atoms with E-state index in [1.165, 1.54) is 5.56 Å². The number of halogens is 2. The quantitative estimate of drug-likeness (QED) is 0.735. The molecule has 1 aliphatic heterocycles. The van der Waals surface area contributed by atoms with Crippen LogP contribution in [0.5, 0.6) is 0 Å². The van der Waals surface area contributed by atoms with Crippen LogP contribution >= 0.6 is 0 Å². The minimum absolute atomic E-state index is 0.153. The van der Waals surface area contributed by atoms with Crippen molar-refractivity contribution in [3.63, 3.8) is 0 Å². The number of fused-ring (bicyclic) bond motifs is 1. The standard InChI is InChI=1S/C20H22F2N6/c1-28-11-13(9-24-28)17-14-5-3-2-4-6-15(14)25-19(12-7-20(21,22)8-12)18(17)16-10-23-27-26-16/h9,11-12H,2-8,10H2,1H3. The molecular weight excluding hydrogens is 362 g/mol. The van der Waals surface area contributed by atoms with E-state index in [0.29, 0.717) is 6.54 Å². The fourth-order valence-corrected chi connectivity index (χ4v) is 4.59. The first-order chi connectivity index (χ1) is 13.5. The van der Waals surface area contributed by atoms with E-state index >= 15 is 0 Å². The highest BCUT2D eigenvalue weighted by atomic mass is 19.3. The van der Waals surface area contributed by atoms with Gasteiger partial charge < -0.3 is 0 Å². The summed E-state index contributed by atoms with van der Waals surface area (Å²) in [5.41, 5.74) is 6.64. The lowest BCUT2D eigenvalue weighted by atomic mass is 9.75. The van der Waals surface area contributed by atoms with Gasteiger partial charge in [-0.25, -0.2) is 8.78 Å². The zero-order valence-electron chi connectivity index (χ0n) is 15.8. The largest absolute Gasteiger partial charge is 0.275 e. The molecule has 0 N–H and O–H groups in total. The van der Waals surface area contributed by atoms with E-state index in [1.807, 2.05) is 19.4 Å². The topological polar surface area (TPSA) is 67.8 Å². The van der Waals surface area contributed by atoms with Crippen molar-refractivity contribution in [2.75, 3.05) is 6.54 Å². The molecule has 3 aliphatic rings. The Morgan fingerprint density at radius 3 is 2.61 bits per heavy atom. The first-order valence-corrected chi connectivity index (χ1v) is 9.88. The zero-order chi connectivity index (χ0) is 19.3. The van der Waals surface area contributed by atoms with Crippen molar-refractivity contribution in [2.24, 2.45) is 22.5 Å². The number of aryl methyl sites for hydroxylation is 2. The molecule has 0 amide bonds. The third-order valence-electron chi connectivity index (χ3n) is 5.96. The third-order valence-corrected chi connectivity index (χ3v) is 5.96. The van der Waals surface area contributed by atoms with Crippen LogP contribution in [0.3, 0.4) is 0 Å². The van der Waals surface area contributed by atoms with Gasteiger partial charge in [-0.1, -0.05) is 6.42 Å². The predicted molar refractivity (Wildman–Crippen MR) is 101 cm³/mol. The molecule has 8 heteroatoms. The van der Waals surface area contributed by atoms with Gasteiger partial charge in [0.05, 0.1) is 17.6 Å². The highest BCUT2D eigenvalue weighted by Gasteiger charge is 2.48. The second-order valence-electron chi connectivity index (χ2n) is 8.03. The number of hydrogen-bond acceptors (Lipinski definition) is 5. The van der Waals surface area contributed by atoms with Gasteiger partial charge in [0, 0.05) is 54.4 Å². The van der Waals surface area contributed by atoms with Crippen molar-refractivity contribution in [2.45, 2.75) is 56.8 Å². The van der Waals surface area contributed by atoms with Crippen LogP contribution < -0.4 is 0 Å². The lowest BCUT2D eigenvalue weighted by Gasteiger charge is -2.36. The van der Waals surface area contributed by atoms with Gasteiger partial charge >= 0.3 is 0 Å². The van der Waals surface area contributed by atoms with Crippen molar-refractivity contribution in [1.82, 2.24) is 14.8 Å². The highest BCUT2D eigenvalue weighted by Crippen LogP contribution is 2.50. The Morgan fingerprint density at radius 1 is 1.11 bits per heavy atom. The molecule has 0 spiro atoms. The Hall–Kier alpha value is -2.51. The summed E-state index contributed by atoms with van der Waals surface area (Å²) in [5.74, 6) is -2.85. The van der Waals surface area contributed by atoms with E-state index in [1.54, 1.807) is 4.68 Å². The summed E-state index contributed by atoms with van der Waals surface area (Å²) < 4.78 is 29.2. The van der Waals surface area contributed by atoms with E-state index in [2.05, 4.69) is 20.5 Å². The Morgan fingerprint density at radius 2 is 1.93 bits per heavy atom. The monoisotopic (exact) mass is 384 g/mol. The Labute approximate surface area is 161 Å². The van der Waals surface area contributed by atoms with Crippen molar-refractivity contribution in [3.8, 4) is 11.1 Å². The van der Waals surface area contributed by atoms with Gasteiger partial charge in [0.15, 0.2) is 0 Å². The molecule has 0 bridgehead atoms. The van der Waals surface area contributed by atoms with E-state index in [-0.39, 0.29) is 18.8 Å². The fraction of sp³-hybridized carbons (Fsp3) is 0.550. The molecule has 0 aromatic carbocycles. The van der Waals surface area contributed by atoms with E-state index < -0.39 is 5.92 Å². The molecule has 0 saturated heterocycles. The molecule has 6 nitrogen and oxygen atoms in total. The summed E-state index contributed by atoms with van der Waals surface area (Å²) in [6.45, 7) is 0.365. The number of rotatable bonds is 3. The summed E-state index contributed by atoms with van der Waals surface area (Å²) in [6.07, 6.45) is 8.67. The molecule has 0 unspecified atom stereocenters. The maximum Gasteiger partial charge on any atom is 0.249 e. The predicted octanol–water partition coefficient (Wildman–Crippen LogP) is 4.43. The lowest BCUT2D eigenvalue weighted by Crippen LogP contribution is -2.35. The zero-order valence-corrected chi connectivity index (χ0v) is 15.8. The molecule has 28 heavy (non-hydrogen) atoms. The van der Waals surface area contributed by atoms with Gasteiger partial charge in [0.2, 0.25) is 5.92 Å². The minimum atomic E-state index is -2.60. The molecule has 0 atom stereocenters. The van der Waals surface area contributed by atoms with E-state index in [0.717, 1.165) is 65.9 Å². The molecule has 1 fully saturated rings. The lowest BCUT2D eigenvalue weighted by molar-refractivity contribution is -0.0876. The number of hydrogen-bond donors (Lipinski definition) is 0. The Balaban J connectivity index is 1.76. The van der Waals surface area contributed by atoms with Crippen molar-refractivity contribution < 1.29 is 8.78 Å². The summed E-state index contributed by atoms with van der Waals surface area (Å²) in [7, 11) is 1.88. The summed E-state index contributed by atoms with van der Waals surface area (Å²) >= 11 is 0. The molecule has 2 aromatic rings. The molecule has 3 heterocycles. The van der Waals surface area contributed by atoms with Gasteiger partial charge in [-0.3, -0.25) is 9.67 Å². The number of pyridine rings is 1. The van der Waals surface area contributed by atoms with Gasteiger partial charge in [-0.2, -0.15) is 10.2 Å². The van der Waals surface area contributed by atoms with Gasteiger partial charge in [0.25, 0.3) is 0 Å². The average Bonchev–Trinajstić information content (AvgIpc) is 3.25. The molecule has 5 rings (SSSR count). The Kier molecular flexibility index (Phi) is 4.10. The molecule has 0 radical (unpaired) electrons. The highest BCUT2D eigenvalue weighted by molar-refractivity contribution is 6.09. The maximum atomic E-state index is 13.7. The van der Waals surface area contributed by atoms with Crippen LogP contribution in [-0.4, -0.2) is 32.9 Å². The third kappa shape index (κ3) is 2.95. The normalized spacial score (nSPS) is 21.2. The van der Waals surface area contributed by atoms with Crippen LogP contribution in [0.25, 0.3) is 11.1 Å². The first-order valence-electron chi connectivity index (χ1n) is 9.88. The van der Waals surface area contributed by atoms with Crippen molar-refractivity contribution in [3.05, 3.63) is 34.9 Å². The van der Waals surface area contributed by atoms with Gasteiger partial charge in [0.1, 0.15) is 6.54 Å². The van der Waals surface area contributed by atoms with Crippen LogP contribution in [0.15, 0.2) is 27.8 Å². The average molecular weight is 384 g/mol. The van der Waals surface area contributed by atoms with Crippen LogP contribution in [0.4, 0.5) is 8.78 Å². The smallest absolute Gasteiger partial charge is 0.249 e. The van der Waals surface area contributed by atoms with E-state index in [9.17, 15) is 8.78 Å². The molecule has 1 saturated carbocycles. The van der Waals surface area contributed by atoms with Gasteiger partial charge in [-0.05, 0) is 36.5 Å². The summed E-state index contributed by atoms with van der Waals surface area (Å²) in [4.78, 5) is 4.97. The van der Waals surface area contributed by atoms with Crippen molar-refractivity contribution in [1.29, 1.82) is 0 Å². The number of aromatic nitrogens is 3. The van der Waals surface area contributed by atoms with Gasteiger partial charge in [-0.15, -0.1) is 5.10 Å². The summed E-state index contributed by atoms with van der Waals surface area (Å²) in [5, 5.41) is 16.4. The summed E-state index contributed by atoms with van der Waals surface area (Å²) in [6, 6.07) is 0. The van der Waals surface area contributed by atoms with Crippen LogP contribution in [0.1, 0.15) is 60.5 Å². The maximum absolute atomic E-state index is 13.7. The molecule has 2 aliphatic carbocycles. The fourth-order valence-electron chi connectivity index (χ4n) is 4.59. The first kappa shape index (κ1) is 17.6.